The van der Waals surface area contributed by atoms with Gasteiger partial charge in [0.05, 0.1) is 6.54 Å². The summed E-state index contributed by atoms with van der Waals surface area (Å²) in [6.45, 7) is 7.75. The van der Waals surface area contributed by atoms with Gasteiger partial charge in [0, 0.05) is 20.0 Å². The van der Waals surface area contributed by atoms with Crippen LogP contribution in [0, 0.1) is 18.3 Å². The summed E-state index contributed by atoms with van der Waals surface area (Å²) in [5.74, 6) is 1.56. The molecule has 0 unspecified atom stereocenters. The van der Waals surface area contributed by atoms with E-state index in [-0.39, 0.29) is 5.91 Å². The Morgan fingerprint density at radius 2 is 2.22 bits per heavy atom. The first-order valence-electron chi connectivity index (χ1n) is 6.37. The van der Waals surface area contributed by atoms with Gasteiger partial charge in [-0.25, -0.2) is 4.68 Å². The second-order valence-corrected chi connectivity index (χ2v) is 5.86. The molecule has 1 aliphatic carbocycles. The highest BCUT2D eigenvalue weighted by Gasteiger charge is 2.46. The summed E-state index contributed by atoms with van der Waals surface area (Å²) in [6.07, 6.45) is 1.67. The van der Waals surface area contributed by atoms with Gasteiger partial charge in [-0.2, -0.15) is 0 Å². The Labute approximate surface area is 107 Å². The van der Waals surface area contributed by atoms with Gasteiger partial charge in [0.1, 0.15) is 5.82 Å². The second-order valence-electron chi connectivity index (χ2n) is 5.86. The summed E-state index contributed by atoms with van der Waals surface area (Å²) < 4.78 is 1.66. The molecule has 0 radical (unpaired) electrons. The lowest BCUT2D eigenvalue weighted by Gasteiger charge is -2.18. The van der Waals surface area contributed by atoms with E-state index in [0.29, 0.717) is 24.3 Å². The summed E-state index contributed by atoms with van der Waals surface area (Å²) in [5.41, 5.74) is 0.418. The van der Waals surface area contributed by atoms with Crippen LogP contribution >= 0.6 is 0 Å². The Morgan fingerprint density at radius 3 is 2.72 bits per heavy atom. The average molecular weight is 251 g/mol. The zero-order chi connectivity index (χ0) is 13.3. The molecule has 1 saturated carbocycles. The van der Waals surface area contributed by atoms with Crippen molar-refractivity contribution in [3.63, 3.8) is 0 Å². The summed E-state index contributed by atoms with van der Waals surface area (Å²) in [5, 5.41) is 11.2. The molecule has 1 fully saturated rings. The highest BCUT2D eigenvalue weighted by molar-refractivity contribution is 5.75. The minimum absolute atomic E-state index is 0.160. The fourth-order valence-electron chi connectivity index (χ4n) is 2.17. The summed E-state index contributed by atoms with van der Waals surface area (Å²) in [6, 6.07) is 0. The molecule has 6 nitrogen and oxygen atoms in total. The van der Waals surface area contributed by atoms with E-state index < -0.39 is 0 Å². The molecule has 1 aliphatic rings. The van der Waals surface area contributed by atoms with Crippen molar-refractivity contribution >= 4 is 5.91 Å². The third-order valence-electron chi connectivity index (χ3n) is 3.89. The highest BCUT2D eigenvalue weighted by Crippen LogP contribution is 2.51. The van der Waals surface area contributed by atoms with E-state index in [0.717, 1.165) is 12.4 Å². The highest BCUT2D eigenvalue weighted by atomic mass is 16.2. The van der Waals surface area contributed by atoms with E-state index in [1.165, 1.54) is 6.42 Å². The normalized spacial score (nSPS) is 20.8. The maximum absolute atomic E-state index is 12.0. The van der Waals surface area contributed by atoms with Crippen molar-refractivity contribution in [3.8, 4) is 0 Å². The number of carbonyl (C=O) groups excluding carboxylic acids is 1. The first-order chi connectivity index (χ1) is 8.40. The summed E-state index contributed by atoms with van der Waals surface area (Å²) in [4.78, 5) is 13.8. The molecule has 0 N–H and O–H groups in total. The molecule has 0 spiro atoms. The fourth-order valence-corrected chi connectivity index (χ4v) is 2.17. The van der Waals surface area contributed by atoms with Crippen LogP contribution in [-0.4, -0.2) is 44.6 Å². The number of amides is 1. The Bertz CT molecular complexity index is 439. The Balaban J connectivity index is 1.76. The first kappa shape index (κ1) is 13.0. The minimum Gasteiger partial charge on any atom is -0.345 e. The van der Waals surface area contributed by atoms with Gasteiger partial charge in [0.25, 0.3) is 0 Å². The van der Waals surface area contributed by atoms with Crippen LogP contribution in [0.4, 0.5) is 0 Å². The van der Waals surface area contributed by atoms with Crippen LogP contribution in [0.1, 0.15) is 32.5 Å². The van der Waals surface area contributed by atoms with Crippen LogP contribution in [0.3, 0.4) is 0 Å². The molecule has 18 heavy (non-hydrogen) atoms. The van der Waals surface area contributed by atoms with Crippen molar-refractivity contribution in [2.24, 2.45) is 11.3 Å². The molecular weight excluding hydrogens is 230 g/mol. The molecular formula is C12H21N5O. The lowest BCUT2D eigenvalue weighted by Crippen LogP contribution is -2.30. The summed E-state index contributed by atoms with van der Waals surface area (Å²) in [7, 11) is 1.88. The van der Waals surface area contributed by atoms with Gasteiger partial charge >= 0.3 is 0 Å². The SMILES string of the molecule is Cc1nnnn1CCC(=O)N(C)C[C@H]1CC1(C)C. The maximum atomic E-state index is 12.0. The topological polar surface area (TPSA) is 63.9 Å². The van der Waals surface area contributed by atoms with Crippen LogP contribution in [0.25, 0.3) is 0 Å². The third-order valence-corrected chi connectivity index (χ3v) is 3.89. The number of carbonyl (C=O) groups is 1. The molecule has 0 aliphatic heterocycles. The number of hydrogen-bond acceptors (Lipinski definition) is 4. The van der Waals surface area contributed by atoms with Crippen LogP contribution < -0.4 is 0 Å². The van der Waals surface area contributed by atoms with Crippen LogP contribution in [0.2, 0.25) is 0 Å². The molecule has 0 bridgehead atoms. The second kappa shape index (κ2) is 4.66. The minimum atomic E-state index is 0.160. The van der Waals surface area contributed by atoms with Crippen molar-refractivity contribution in [2.75, 3.05) is 13.6 Å². The van der Waals surface area contributed by atoms with Crippen molar-refractivity contribution in [1.82, 2.24) is 25.1 Å². The van der Waals surface area contributed by atoms with Gasteiger partial charge in [0.15, 0.2) is 0 Å². The molecule has 2 rings (SSSR count). The van der Waals surface area contributed by atoms with Gasteiger partial charge < -0.3 is 4.90 Å². The number of tetrazole rings is 1. The van der Waals surface area contributed by atoms with E-state index in [1.54, 1.807) is 4.68 Å². The predicted molar refractivity (Wildman–Crippen MR) is 66.7 cm³/mol. The molecule has 1 amide bonds. The van der Waals surface area contributed by atoms with Crippen LogP contribution in [0.15, 0.2) is 0 Å². The van der Waals surface area contributed by atoms with Gasteiger partial charge in [-0.05, 0) is 35.1 Å². The predicted octanol–water partition coefficient (Wildman–Crippen LogP) is 0.876. The van der Waals surface area contributed by atoms with Crippen LogP contribution in [-0.2, 0) is 11.3 Å². The van der Waals surface area contributed by atoms with Crippen molar-refractivity contribution in [2.45, 2.75) is 40.2 Å². The van der Waals surface area contributed by atoms with Crippen molar-refractivity contribution in [3.05, 3.63) is 5.82 Å². The maximum Gasteiger partial charge on any atom is 0.224 e. The molecule has 0 saturated heterocycles. The lowest BCUT2D eigenvalue weighted by atomic mass is 10.1. The Hall–Kier alpha value is -1.46. The monoisotopic (exact) mass is 251 g/mol. The van der Waals surface area contributed by atoms with Crippen molar-refractivity contribution in [1.29, 1.82) is 0 Å². The smallest absolute Gasteiger partial charge is 0.224 e. The van der Waals surface area contributed by atoms with Crippen molar-refractivity contribution < 1.29 is 4.79 Å². The molecule has 1 aromatic heterocycles. The average Bonchev–Trinajstić information content (AvgIpc) is 2.71. The number of hydrogen-bond donors (Lipinski definition) is 0. The number of nitrogens with zero attached hydrogens (tertiary/aromatic N) is 5. The quantitative estimate of drug-likeness (QED) is 0.779. The molecule has 0 aromatic carbocycles. The third kappa shape index (κ3) is 2.86. The van der Waals surface area contributed by atoms with Gasteiger partial charge in [-0.15, -0.1) is 5.10 Å². The van der Waals surface area contributed by atoms with Gasteiger partial charge in [-0.1, -0.05) is 13.8 Å². The lowest BCUT2D eigenvalue weighted by molar-refractivity contribution is -0.130. The Morgan fingerprint density at radius 1 is 1.56 bits per heavy atom. The van der Waals surface area contributed by atoms with Gasteiger partial charge in [0.2, 0.25) is 5.91 Å². The zero-order valence-electron chi connectivity index (χ0n) is 11.6. The largest absolute Gasteiger partial charge is 0.345 e. The van der Waals surface area contributed by atoms with E-state index >= 15 is 0 Å². The van der Waals surface area contributed by atoms with Crippen LogP contribution in [0.5, 0.6) is 0 Å². The summed E-state index contributed by atoms with van der Waals surface area (Å²) >= 11 is 0. The first-order valence-corrected chi connectivity index (χ1v) is 6.37. The fraction of sp³-hybridized carbons (Fsp3) is 0.833. The molecule has 6 heteroatoms. The molecule has 100 valence electrons. The molecule has 1 heterocycles. The Kier molecular flexibility index (Phi) is 3.36. The molecule has 1 aromatic rings. The van der Waals surface area contributed by atoms with E-state index in [1.807, 2.05) is 18.9 Å². The zero-order valence-corrected chi connectivity index (χ0v) is 11.6. The standard InChI is InChI=1S/C12H21N5O/c1-9-13-14-15-17(9)6-5-11(18)16(4)8-10-7-12(10,2)3/h10H,5-8H2,1-4H3/t10-/m1/s1. The van der Waals surface area contributed by atoms with E-state index in [9.17, 15) is 4.79 Å². The number of aryl methyl sites for hydroxylation is 2. The van der Waals surface area contributed by atoms with E-state index in [4.69, 9.17) is 0 Å². The number of aromatic nitrogens is 4. The van der Waals surface area contributed by atoms with E-state index in [2.05, 4.69) is 29.4 Å². The molecule has 1 atom stereocenters. The van der Waals surface area contributed by atoms with Gasteiger partial charge in [-0.3, -0.25) is 4.79 Å². The number of rotatable bonds is 5.